The van der Waals surface area contributed by atoms with Crippen LogP contribution in [0.25, 0.3) is 10.4 Å². The number of hydrogen-bond donors (Lipinski definition) is 0. The summed E-state index contributed by atoms with van der Waals surface area (Å²) >= 11 is 2.90. The number of carbonyl (C=O) groups excluding carboxylic acids is 1. The van der Waals surface area contributed by atoms with E-state index >= 15 is 0 Å². The van der Waals surface area contributed by atoms with Crippen molar-refractivity contribution in [3.05, 3.63) is 35.9 Å². The minimum absolute atomic E-state index is 0.321. The van der Waals surface area contributed by atoms with Crippen molar-refractivity contribution in [1.82, 2.24) is 4.37 Å². The third-order valence-corrected chi connectivity index (χ3v) is 4.24. The van der Waals surface area contributed by atoms with Gasteiger partial charge in [0.2, 0.25) is 0 Å². The number of hydrogen-bond acceptors (Lipinski definition) is 5. The van der Waals surface area contributed by atoms with E-state index in [1.165, 1.54) is 18.6 Å². The molecule has 1 aromatic carbocycles. The topological polar surface area (TPSA) is 39.2 Å². The summed E-state index contributed by atoms with van der Waals surface area (Å²) in [6.45, 7) is 2.03. The fraction of sp³-hybridized carbons (Fsp3) is 0.231. The van der Waals surface area contributed by atoms with Crippen LogP contribution >= 0.6 is 23.3 Å². The van der Waals surface area contributed by atoms with E-state index in [0.29, 0.717) is 5.56 Å². The van der Waals surface area contributed by atoms with Gasteiger partial charge < -0.3 is 4.74 Å². The summed E-state index contributed by atoms with van der Waals surface area (Å²) in [6.07, 6.45) is 0. The number of aromatic nitrogens is 1. The van der Waals surface area contributed by atoms with Crippen molar-refractivity contribution in [1.29, 1.82) is 0 Å². The molecule has 0 aliphatic carbocycles. The van der Waals surface area contributed by atoms with Gasteiger partial charge in [-0.1, -0.05) is 37.3 Å². The van der Waals surface area contributed by atoms with Crippen LogP contribution in [0.4, 0.5) is 0 Å². The molecule has 1 heterocycles. The predicted molar refractivity (Wildman–Crippen MR) is 75.3 cm³/mol. The molecule has 0 aliphatic rings. The quantitative estimate of drug-likeness (QED) is 0.632. The van der Waals surface area contributed by atoms with Gasteiger partial charge in [0.1, 0.15) is 10.6 Å². The lowest BCUT2D eigenvalue weighted by molar-refractivity contribution is 0.0598. The second kappa shape index (κ2) is 6.02. The van der Waals surface area contributed by atoms with Gasteiger partial charge in [-0.2, -0.15) is 4.37 Å². The molecule has 94 valence electrons. The number of thioether (sulfide) groups is 1. The first-order valence-corrected chi connectivity index (χ1v) is 7.30. The third-order valence-electron chi connectivity index (χ3n) is 2.37. The van der Waals surface area contributed by atoms with Gasteiger partial charge in [0.05, 0.1) is 12.0 Å². The molecule has 3 nitrogen and oxygen atoms in total. The fourth-order valence-corrected chi connectivity index (χ4v) is 3.35. The van der Waals surface area contributed by atoms with Crippen LogP contribution in [0.15, 0.2) is 35.4 Å². The highest BCUT2D eigenvalue weighted by Crippen LogP contribution is 2.35. The van der Waals surface area contributed by atoms with Crippen molar-refractivity contribution in [2.75, 3.05) is 12.9 Å². The van der Waals surface area contributed by atoms with Crippen molar-refractivity contribution in [3.63, 3.8) is 0 Å². The first-order chi connectivity index (χ1) is 8.77. The summed E-state index contributed by atoms with van der Waals surface area (Å²) in [5.41, 5.74) is 1.58. The molecule has 0 saturated heterocycles. The number of rotatable bonds is 4. The van der Waals surface area contributed by atoms with Crippen LogP contribution in [0.1, 0.15) is 17.3 Å². The molecule has 0 amide bonds. The smallest absolute Gasteiger partial charge is 0.342 e. The van der Waals surface area contributed by atoms with Crippen LogP contribution in [-0.4, -0.2) is 23.2 Å². The molecular weight excluding hydrogens is 266 g/mol. The molecule has 0 bridgehead atoms. The molecule has 0 aliphatic heterocycles. The predicted octanol–water partition coefficient (Wildman–Crippen LogP) is 3.71. The summed E-state index contributed by atoms with van der Waals surface area (Å²) in [5.74, 6) is 0.556. The lowest BCUT2D eigenvalue weighted by atomic mass is 10.1. The standard InChI is InChI=1S/C13H13NO2S2/c1-3-17-12-10(13(15)16-2)11(18-14-12)9-7-5-4-6-8-9/h4-8H,3H2,1-2H3. The summed E-state index contributed by atoms with van der Waals surface area (Å²) in [7, 11) is 1.40. The Labute approximate surface area is 114 Å². The van der Waals surface area contributed by atoms with Crippen LogP contribution in [0.5, 0.6) is 0 Å². The number of carbonyl (C=O) groups is 1. The monoisotopic (exact) mass is 279 g/mol. The van der Waals surface area contributed by atoms with E-state index in [1.54, 1.807) is 11.8 Å². The van der Waals surface area contributed by atoms with E-state index in [0.717, 1.165) is 21.2 Å². The van der Waals surface area contributed by atoms with Gasteiger partial charge in [0, 0.05) is 0 Å². The number of esters is 1. The SMILES string of the molecule is CCSc1nsc(-c2ccccc2)c1C(=O)OC. The normalized spacial score (nSPS) is 10.3. The Morgan fingerprint density at radius 2 is 2.11 bits per heavy atom. The maximum atomic E-state index is 11.9. The van der Waals surface area contributed by atoms with Gasteiger partial charge in [-0.3, -0.25) is 0 Å². The van der Waals surface area contributed by atoms with E-state index in [2.05, 4.69) is 4.37 Å². The van der Waals surface area contributed by atoms with Crippen LogP contribution < -0.4 is 0 Å². The molecule has 5 heteroatoms. The average molecular weight is 279 g/mol. The van der Waals surface area contributed by atoms with Crippen molar-refractivity contribution < 1.29 is 9.53 Å². The lowest BCUT2D eigenvalue weighted by Gasteiger charge is -2.03. The zero-order chi connectivity index (χ0) is 13.0. The van der Waals surface area contributed by atoms with Crippen molar-refractivity contribution in [3.8, 4) is 10.4 Å². The number of methoxy groups -OCH3 is 1. The van der Waals surface area contributed by atoms with Gasteiger partial charge >= 0.3 is 5.97 Å². The number of benzene rings is 1. The Balaban J connectivity index is 2.51. The largest absolute Gasteiger partial charge is 0.465 e. The van der Waals surface area contributed by atoms with Gasteiger partial charge in [0.25, 0.3) is 0 Å². The zero-order valence-corrected chi connectivity index (χ0v) is 11.8. The molecule has 1 aromatic heterocycles. The van der Waals surface area contributed by atoms with E-state index in [1.807, 2.05) is 37.3 Å². The maximum Gasteiger partial charge on any atom is 0.342 e. The Kier molecular flexibility index (Phi) is 4.38. The second-order valence-electron chi connectivity index (χ2n) is 3.48. The molecule has 2 aromatic rings. The molecule has 0 saturated carbocycles. The lowest BCUT2D eigenvalue weighted by Crippen LogP contribution is -2.03. The van der Waals surface area contributed by atoms with Crippen LogP contribution in [0.3, 0.4) is 0 Å². The second-order valence-corrected chi connectivity index (χ2v) is 5.51. The third kappa shape index (κ3) is 2.57. The summed E-state index contributed by atoms with van der Waals surface area (Å²) in [5, 5.41) is 0.758. The van der Waals surface area contributed by atoms with Gasteiger partial charge in [-0.05, 0) is 22.8 Å². The fourth-order valence-electron chi connectivity index (χ4n) is 1.58. The highest BCUT2D eigenvalue weighted by Gasteiger charge is 2.22. The molecular formula is C13H13NO2S2. The van der Waals surface area contributed by atoms with E-state index in [4.69, 9.17) is 4.74 Å². The molecule has 0 radical (unpaired) electrons. The minimum atomic E-state index is -0.321. The molecule has 0 N–H and O–H groups in total. The van der Waals surface area contributed by atoms with Gasteiger partial charge in [-0.15, -0.1) is 11.8 Å². The first-order valence-electron chi connectivity index (χ1n) is 5.54. The van der Waals surface area contributed by atoms with Crippen LogP contribution in [0.2, 0.25) is 0 Å². The maximum absolute atomic E-state index is 11.9. The molecule has 18 heavy (non-hydrogen) atoms. The Morgan fingerprint density at radius 1 is 1.39 bits per heavy atom. The molecule has 0 atom stereocenters. The highest BCUT2D eigenvalue weighted by atomic mass is 32.2. The first kappa shape index (κ1) is 13.1. The summed E-state index contributed by atoms with van der Waals surface area (Å²) in [4.78, 5) is 12.8. The number of ether oxygens (including phenoxy) is 1. The van der Waals surface area contributed by atoms with Gasteiger partial charge in [0.15, 0.2) is 0 Å². The van der Waals surface area contributed by atoms with Crippen molar-refractivity contribution in [2.24, 2.45) is 0 Å². The van der Waals surface area contributed by atoms with Gasteiger partial charge in [-0.25, -0.2) is 4.79 Å². The van der Waals surface area contributed by atoms with Crippen LogP contribution in [-0.2, 0) is 4.74 Å². The minimum Gasteiger partial charge on any atom is -0.465 e. The zero-order valence-electron chi connectivity index (χ0n) is 10.2. The Morgan fingerprint density at radius 3 is 2.72 bits per heavy atom. The highest BCUT2D eigenvalue weighted by molar-refractivity contribution is 7.99. The molecule has 0 unspecified atom stereocenters. The average Bonchev–Trinajstić information content (AvgIpc) is 2.83. The molecule has 0 spiro atoms. The van der Waals surface area contributed by atoms with Crippen molar-refractivity contribution >= 4 is 29.3 Å². The van der Waals surface area contributed by atoms with E-state index in [9.17, 15) is 4.79 Å². The summed E-state index contributed by atoms with van der Waals surface area (Å²) in [6, 6.07) is 9.79. The van der Waals surface area contributed by atoms with Crippen LogP contribution in [0, 0.1) is 0 Å². The van der Waals surface area contributed by atoms with E-state index < -0.39 is 0 Å². The number of nitrogens with zero attached hydrogens (tertiary/aromatic N) is 1. The molecule has 2 rings (SSSR count). The van der Waals surface area contributed by atoms with E-state index in [-0.39, 0.29) is 5.97 Å². The van der Waals surface area contributed by atoms with Crippen molar-refractivity contribution in [2.45, 2.75) is 11.9 Å². The Bertz CT molecular complexity index is 537. The molecule has 0 fully saturated rings. The summed E-state index contributed by atoms with van der Waals surface area (Å²) < 4.78 is 9.21. The Hall–Kier alpha value is -1.33.